The Labute approximate surface area is 73.3 Å². The number of carbonyl (C=O) groups excluding carboxylic acids is 1. The van der Waals surface area contributed by atoms with Crippen LogP contribution in [0.1, 0.15) is 13.0 Å². The van der Waals surface area contributed by atoms with E-state index in [4.69, 9.17) is 5.73 Å². The van der Waals surface area contributed by atoms with Gasteiger partial charge in [0.25, 0.3) is 0 Å². The second-order valence-electron chi connectivity index (χ2n) is 2.51. The maximum atomic E-state index is 10.7. The van der Waals surface area contributed by atoms with E-state index in [2.05, 4.69) is 4.98 Å². The van der Waals surface area contributed by atoms with E-state index in [0.29, 0.717) is 0 Å². The Morgan fingerprint density at radius 1 is 1.85 bits per heavy atom. The zero-order chi connectivity index (χ0) is 10.0. The van der Waals surface area contributed by atoms with Gasteiger partial charge in [-0.2, -0.15) is 0 Å². The first-order valence-electron chi connectivity index (χ1n) is 3.49. The van der Waals surface area contributed by atoms with E-state index in [0.717, 1.165) is 6.20 Å². The van der Waals surface area contributed by atoms with Gasteiger partial charge in [-0.25, -0.2) is 0 Å². The fourth-order valence-electron chi connectivity index (χ4n) is 0.779. The third-order valence-corrected chi connectivity index (χ3v) is 1.63. The van der Waals surface area contributed by atoms with Gasteiger partial charge in [0, 0.05) is 0 Å². The van der Waals surface area contributed by atoms with Crippen molar-refractivity contribution in [3.8, 4) is 0 Å². The van der Waals surface area contributed by atoms with Crippen LogP contribution < -0.4 is 5.73 Å². The quantitative estimate of drug-likeness (QED) is 0.520. The number of hydrogen-bond donors (Lipinski definition) is 1. The molecule has 1 amide bonds. The van der Waals surface area contributed by atoms with Crippen LogP contribution in [0.25, 0.3) is 0 Å². The van der Waals surface area contributed by atoms with Crippen molar-refractivity contribution in [2.24, 2.45) is 5.73 Å². The molecule has 0 aromatic carbocycles. The molecule has 7 nitrogen and oxygen atoms in total. The highest BCUT2D eigenvalue weighted by atomic mass is 16.6. The lowest BCUT2D eigenvalue weighted by molar-refractivity contribution is -0.389. The highest BCUT2D eigenvalue weighted by molar-refractivity contribution is 5.77. The molecule has 0 fully saturated rings. The van der Waals surface area contributed by atoms with Crippen molar-refractivity contribution in [1.82, 2.24) is 9.55 Å². The first kappa shape index (κ1) is 9.17. The zero-order valence-corrected chi connectivity index (χ0v) is 6.88. The highest BCUT2D eigenvalue weighted by Crippen LogP contribution is 2.10. The standard InChI is InChI=1S/C6H8N4O3/c1-4(6(7)11)9-2-5(8-3-9)10(12)13/h2-4H,1H3,(H2,7,11). The molecule has 0 aliphatic heterocycles. The van der Waals surface area contributed by atoms with Gasteiger partial charge in [-0.1, -0.05) is 0 Å². The number of imidazole rings is 1. The van der Waals surface area contributed by atoms with Crippen LogP contribution >= 0.6 is 0 Å². The minimum Gasteiger partial charge on any atom is -0.368 e. The second kappa shape index (κ2) is 3.21. The molecule has 0 bridgehead atoms. The van der Waals surface area contributed by atoms with Crippen LogP contribution in [-0.2, 0) is 4.79 Å². The van der Waals surface area contributed by atoms with Crippen molar-refractivity contribution in [1.29, 1.82) is 0 Å². The Kier molecular flexibility index (Phi) is 2.27. The Bertz CT molecular complexity index is 345. The maximum absolute atomic E-state index is 10.7. The van der Waals surface area contributed by atoms with E-state index >= 15 is 0 Å². The van der Waals surface area contributed by atoms with Crippen LogP contribution in [0.2, 0.25) is 0 Å². The molecule has 1 atom stereocenters. The monoisotopic (exact) mass is 184 g/mol. The third kappa shape index (κ3) is 1.81. The summed E-state index contributed by atoms with van der Waals surface area (Å²) in [5.41, 5.74) is 5.00. The van der Waals surface area contributed by atoms with Gasteiger partial charge in [0.15, 0.2) is 0 Å². The number of rotatable bonds is 3. The van der Waals surface area contributed by atoms with Gasteiger partial charge in [-0.15, -0.1) is 0 Å². The van der Waals surface area contributed by atoms with Gasteiger partial charge >= 0.3 is 5.82 Å². The SMILES string of the molecule is CC(C(N)=O)n1cnc([N+](=O)[O-])c1. The molecule has 1 aromatic rings. The molecule has 1 heterocycles. The van der Waals surface area contributed by atoms with Crippen molar-refractivity contribution in [3.63, 3.8) is 0 Å². The molecular formula is C6H8N4O3. The number of nitro groups is 1. The second-order valence-corrected chi connectivity index (χ2v) is 2.51. The molecule has 0 spiro atoms. The smallest absolute Gasteiger partial charge is 0.368 e. The number of hydrogen-bond acceptors (Lipinski definition) is 4. The minimum absolute atomic E-state index is 0.298. The summed E-state index contributed by atoms with van der Waals surface area (Å²) in [6.45, 7) is 1.54. The van der Waals surface area contributed by atoms with Crippen LogP contribution in [0.3, 0.4) is 0 Å². The minimum atomic E-state index is -0.635. The van der Waals surface area contributed by atoms with E-state index in [1.54, 1.807) is 0 Å². The van der Waals surface area contributed by atoms with E-state index in [-0.39, 0.29) is 5.82 Å². The molecular weight excluding hydrogens is 176 g/mol. The lowest BCUT2D eigenvalue weighted by atomic mass is 10.3. The molecule has 13 heavy (non-hydrogen) atoms. The average Bonchev–Trinajstić information content (AvgIpc) is 2.50. The van der Waals surface area contributed by atoms with Crippen molar-refractivity contribution < 1.29 is 9.72 Å². The summed E-state index contributed by atoms with van der Waals surface area (Å²) in [6.07, 6.45) is 2.36. The predicted molar refractivity (Wildman–Crippen MR) is 42.8 cm³/mol. The number of aromatic nitrogens is 2. The fourth-order valence-corrected chi connectivity index (χ4v) is 0.779. The highest BCUT2D eigenvalue weighted by Gasteiger charge is 2.16. The summed E-state index contributed by atoms with van der Waals surface area (Å²) >= 11 is 0. The van der Waals surface area contributed by atoms with E-state index in [1.807, 2.05) is 0 Å². The molecule has 0 radical (unpaired) electrons. The van der Waals surface area contributed by atoms with Gasteiger partial charge < -0.3 is 15.8 Å². The first-order valence-corrected chi connectivity index (χ1v) is 3.49. The third-order valence-electron chi connectivity index (χ3n) is 1.63. The molecule has 1 aromatic heterocycles. The molecule has 7 heteroatoms. The number of amides is 1. The number of carbonyl (C=O) groups is 1. The summed E-state index contributed by atoms with van der Waals surface area (Å²) in [5.74, 6) is -0.861. The van der Waals surface area contributed by atoms with Crippen LogP contribution in [0.4, 0.5) is 5.82 Å². The topological polar surface area (TPSA) is 104 Å². The lowest BCUT2D eigenvalue weighted by Gasteiger charge is -2.04. The Morgan fingerprint density at radius 2 is 2.46 bits per heavy atom. The summed E-state index contributed by atoms with van der Waals surface area (Å²) in [4.78, 5) is 23.7. The summed E-state index contributed by atoms with van der Waals surface area (Å²) in [5, 5.41) is 10.2. The molecule has 1 unspecified atom stereocenters. The fraction of sp³-hybridized carbons (Fsp3) is 0.333. The van der Waals surface area contributed by atoms with Crippen molar-refractivity contribution in [3.05, 3.63) is 22.6 Å². The largest absolute Gasteiger partial charge is 0.381 e. The summed E-state index contributed by atoms with van der Waals surface area (Å²) in [7, 11) is 0. The predicted octanol–water partition coefficient (Wildman–Crippen LogP) is -0.162. The molecule has 70 valence electrons. The van der Waals surface area contributed by atoms with Gasteiger partial charge in [0.2, 0.25) is 12.2 Å². The van der Waals surface area contributed by atoms with Crippen LogP contribution in [0.15, 0.2) is 12.5 Å². The van der Waals surface area contributed by atoms with Crippen LogP contribution in [-0.4, -0.2) is 20.4 Å². The molecule has 2 N–H and O–H groups in total. The Balaban J connectivity index is 2.91. The number of nitrogens with two attached hydrogens (primary N) is 1. The number of primary amides is 1. The van der Waals surface area contributed by atoms with Gasteiger partial charge in [0.05, 0.1) is 0 Å². The lowest BCUT2D eigenvalue weighted by Crippen LogP contribution is -2.22. The first-order chi connectivity index (χ1) is 6.02. The zero-order valence-electron chi connectivity index (χ0n) is 6.88. The number of nitrogens with zero attached hydrogens (tertiary/aromatic N) is 3. The summed E-state index contributed by atoms with van der Waals surface area (Å²) in [6, 6.07) is -0.624. The molecule has 0 aliphatic rings. The van der Waals surface area contributed by atoms with Crippen molar-refractivity contribution >= 4 is 11.7 Å². The summed E-state index contributed by atoms with van der Waals surface area (Å²) < 4.78 is 1.29. The molecule has 0 saturated carbocycles. The van der Waals surface area contributed by atoms with Crippen molar-refractivity contribution in [2.75, 3.05) is 0 Å². The Morgan fingerprint density at radius 3 is 2.85 bits per heavy atom. The van der Waals surface area contributed by atoms with E-state index in [9.17, 15) is 14.9 Å². The molecule has 0 saturated heterocycles. The van der Waals surface area contributed by atoms with E-state index in [1.165, 1.54) is 17.8 Å². The van der Waals surface area contributed by atoms with Crippen LogP contribution in [0.5, 0.6) is 0 Å². The Hall–Kier alpha value is -1.92. The normalized spacial score (nSPS) is 12.4. The van der Waals surface area contributed by atoms with Gasteiger partial charge in [-0.3, -0.25) is 9.36 Å². The average molecular weight is 184 g/mol. The van der Waals surface area contributed by atoms with Gasteiger partial charge in [-0.05, 0) is 16.8 Å². The van der Waals surface area contributed by atoms with Crippen LogP contribution in [0, 0.1) is 10.1 Å². The van der Waals surface area contributed by atoms with Gasteiger partial charge in [0.1, 0.15) is 12.2 Å². The maximum Gasteiger partial charge on any atom is 0.381 e. The molecule has 1 rings (SSSR count). The van der Waals surface area contributed by atoms with Crippen molar-refractivity contribution in [2.45, 2.75) is 13.0 Å². The van der Waals surface area contributed by atoms with E-state index < -0.39 is 16.9 Å². The molecule has 0 aliphatic carbocycles.